The lowest BCUT2D eigenvalue weighted by Gasteiger charge is -2.63. The van der Waals surface area contributed by atoms with E-state index in [2.05, 4.69) is 40.3 Å². The van der Waals surface area contributed by atoms with Gasteiger partial charge < -0.3 is 103 Å². The van der Waals surface area contributed by atoms with Gasteiger partial charge in [-0.15, -0.1) is 0 Å². The summed E-state index contributed by atoms with van der Waals surface area (Å²) in [5, 5.41) is 99.3. The first kappa shape index (κ1) is 62.7. The van der Waals surface area contributed by atoms with Crippen LogP contribution in [0, 0.1) is 39.4 Å². The molecule has 0 aromatic carbocycles. The van der Waals surface area contributed by atoms with Gasteiger partial charge in [-0.1, -0.05) is 45.9 Å². The minimum absolute atomic E-state index is 0.0290. The maximum absolute atomic E-state index is 14.8. The van der Waals surface area contributed by atoms with Crippen molar-refractivity contribution in [2.24, 2.45) is 39.4 Å². The zero-order chi connectivity index (χ0) is 59.2. The van der Waals surface area contributed by atoms with Gasteiger partial charge in [0.1, 0.15) is 97.2 Å². The first-order valence-electron chi connectivity index (χ1n) is 28.7. The van der Waals surface area contributed by atoms with Crippen LogP contribution in [0.4, 0.5) is 0 Å². The van der Waals surface area contributed by atoms with Crippen molar-refractivity contribution in [3.63, 3.8) is 0 Å². The molecular formula is C57H88O24. The van der Waals surface area contributed by atoms with Gasteiger partial charge in [-0.2, -0.15) is 0 Å². The second kappa shape index (κ2) is 23.5. The van der Waals surface area contributed by atoms with Crippen LogP contribution in [0.25, 0.3) is 0 Å². The van der Waals surface area contributed by atoms with Crippen LogP contribution in [0.15, 0.2) is 23.8 Å². The number of esters is 3. The van der Waals surface area contributed by atoms with Crippen LogP contribution in [0.5, 0.6) is 0 Å². The standard InChI is InChI=1S/C57H88O24/c1-24(2)32(74-26(4)59)15-18-56(10)47-33(75-27(5)60)20-55(9)29-12-13-35-53(6,7)36(16-17-54(35,8)28(29)14-19-57(47,55)52(69)81-56)77-51-46(37(63)30(61)22-72-51)80-49-40(66)39(65)43(25(3)73-49)78-50-42(68)45(38(64)34(21-58)76-50)79-48-41(67)44(70-11)31(62)23-71-48/h12,25,28,30-51,58,61-68H,1,13-23H2,2-11H3. The highest BCUT2D eigenvalue weighted by Gasteiger charge is 2.79. The Kier molecular flexibility index (Phi) is 18.2. The normalized spacial score (nSPS) is 49.7. The highest BCUT2D eigenvalue weighted by atomic mass is 16.8. The van der Waals surface area contributed by atoms with Gasteiger partial charge in [0.05, 0.1) is 43.4 Å². The summed E-state index contributed by atoms with van der Waals surface area (Å²) in [7, 11) is 1.26. The summed E-state index contributed by atoms with van der Waals surface area (Å²) in [4.78, 5) is 39.7. The van der Waals surface area contributed by atoms with Crippen LogP contribution in [-0.2, 0) is 71.2 Å². The predicted molar refractivity (Wildman–Crippen MR) is 276 cm³/mol. The topological polar surface area (TPSA) is 344 Å². The van der Waals surface area contributed by atoms with E-state index in [-0.39, 0.29) is 36.4 Å². The number of carbonyl (C=O) groups is 3. The number of aliphatic hydroxyl groups excluding tert-OH is 9. The Hall–Kier alpha value is -2.83. The Labute approximate surface area is 472 Å². The molecular weight excluding hydrogens is 1070 g/mol. The molecule has 28 atom stereocenters. The molecule has 5 heterocycles. The van der Waals surface area contributed by atoms with Crippen molar-refractivity contribution in [3.8, 4) is 0 Å². The molecule has 24 nitrogen and oxygen atoms in total. The Morgan fingerprint density at radius 2 is 1.38 bits per heavy atom. The van der Waals surface area contributed by atoms with Gasteiger partial charge in [0, 0.05) is 26.4 Å². The third-order valence-electron chi connectivity index (χ3n) is 20.5. The number of cyclic esters (lactones) is 1. The third-order valence-corrected chi connectivity index (χ3v) is 20.5. The van der Waals surface area contributed by atoms with Crippen molar-refractivity contribution in [2.45, 2.75) is 248 Å². The van der Waals surface area contributed by atoms with Crippen molar-refractivity contribution < 1.29 is 117 Å². The van der Waals surface area contributed by atoms with Gasteiger partial charge in [0.25, 0.3) is 0 Å². The first-order chi connectivity index (χ1) is 38.0. The second-order valence-electron chi connectivity index (χ2n) is 25.8. The van der Waals surface area contributed by atoms with Crippen LogP contribution < -0.4 is 0 Å². The quantitative estimate of drug-likeness (QED) is 0.0571. The Morgan fingerprint density at radius 1 is 0.741 bits per heavy atom. The van der Waals surface area contributed by atoms with Gasteiger partial charge in [-0.05, 0) is 100 Å². The molecule has 24 heteroatoms. The van der Waals surface area contributed by atoms with Gasteiger partial charge in [0.15, 0.2) is 25.2 Å². The fraction of sp³-hybridized carbons (Fsp3) is 0.877. The number of methoxy groups -OCH3 is 1. The number of ether oxygens (including phenoxy) is 12. The SMILES string of the molecule is C=C(C)C(CCC1(C)OC(=O)C23CCC4C(=CCC5C(C)(C)C(OC6OCC(O)C(O)C6OC6OC(C)C(OC7OC(CO)C(O)C(OC8OCC(O)C(OC)C8O)C7O)C(O)C6O)CCC45C)C2(C)CC(OC(C)=O)C13)OC(C)=O. The lowest BCUT2D eigenvalue weighted by atomic mass is 9.41. The van der Waals surface area contributed by atoms with Gasteiger partial charge in [-0.25, -0.2) is 0 Å². The summed E-state index contributed by atoms with van der Waals surface area (Å²) in [5.74, 6) is -1.59. The van der Waals surface area contributed by atoms with Gasteiger partial charge in [0.2, 0.25) is 0 Å². The monoisotopic (exact) mass is 1160 g/mol. The fourth-order valence-corrected chi connectivity index (χ4v) is 16.4. The molecule has 0 aromatic heterocycles. The number of fused-ring (bicyclic) bond motifs is 4. The lowest BCUT2D eigenvalue weighted by Crippen LogP contribution is -2.66. The Morgan fingerprint density at radius 3 is 2.04 bits per heavy atom. The minimum atomic E-state index is -1.89. The maximum atomic E-state index is 14.8. The van der Waals surface area contributed by atoms with Crippen LogP contribution in [0.2, 0.25) is 0 Å². The van der Waals surface area contributed by atoms with Crippen molar-refractivity contribution in [2.75, 3.05) is 26.9 Å². The Balaban J connectivity index is 0.889. The lowest BCUT2D eigenvalue weighted by molar-refractivity contribution is -0.387. The molecule has 3 saturated carbocycles. The van der Waals surface area contributed by atoms with Crippen LogP contribution in [0.1, 0.15) is 114 Å². The van der Waals surface area contributed by atoms with E-state index in [0.717, 1.165) is 0 Å². The molecule has 81 heavy (non-hydrogen) atoms. The zero-order valence-electron chi connectivity index (χ0n) is 48.1. The number of allylic oxidation sites excluding steroid dienone is 2. The molecule has 4 aliphatic carbocycles. The highest BCUT2D eigenvalue weighted by molar-refractivity contribution is 5.84. The summed E-state index contributed by atoms with van der Waals surface area (Å²) in [6.07, 6.45) is -22.7. The van der Waals surface area contributed by atoms with Gasteiger partial charge in [-0.3, -0.25) is 14.4 Å². The molecule has 1 spiro atoms. The van der Waals surface area contributed by atoms with Gasteiger partial charge >= 0.3 is 17.9 Å². The molecule has 0 amide bonds. The molecule has 5 aliphatic heterocycles. The number of carbonyl (C=O) groups excluding carboxylic acids is 3. The number of hydrogen-bond donors (Lipinski definition) is 9. The molecule has 5 saturated heterocycles. The summed E-state index contributed by atoms with van der Waals surface area (Å²) < 4.78 is 71.6. The van der Waals surface area contributed by atoms with E-state index in [9.17, 15) is 60.3 Å². The van der Waals surface area contributed by atoms with E-state index in [1.807, 2.05) is 6.92 Å². The molecule has 9 N–H and O–H groups in total. The van der Waals surface area contributed by atoms with Crippen LogP contribution in [0.3, 0.4) is 0 Å². The molecule has 8 fully saturated rings. The number of aliphatic hydroxyl groups is 9. The van der Waals surface area contributed by atoms with E-state index >= 15 is 0 Å². The van der Waals surface area contributed by atoms with Crippen molar-refractivity contribution >= 4 is 17.9 Å². The van der Waals surface area contributed by atoms with E-state index in [4.69, 9.17) is 56.8 Å². The molecule has 0 bridgehead atoms. The average Bonchev–Trinajstić information content (AvgIpc) is 3.20. The van der Waals surface area contributed by atoms with E-state index in [1.165, 1.54) is 33.5 Å². The highest BCUT2D eigenvalue weighted by Crippen LogP contribution is 2.77. The van der Waals surface area contributed by atoms with Crippen molar-refractivity contribution in [1.82, 2.24) is 0 Å². The summed E-state index contributed by atoms with van der Waals surface area (Å²) in [6.45, 7) is 19.3. The third kappa shape index (κ3) is 10.8. The molecule has 9 rings (SSSR count). The van der Waals surface area contributed by atoms with Crippen LogP contribution in [-0.4, -0.2) is 225 Å². The van der Waals surface area contributed by atoms with E-state index in [1.54, 1.807) is 6.92 Å². The Bertz CT molecular complexity index is 2340. The number of hydrogen-bond acceptors (Lipinski definition) is 24. The predicted octanol–water partition coefficient (Wildman–Crippen LogP) is 0.334. The van der Waals surface area contributed by atoms with E-state index < -0.39 is 175 Å². The van der Waals surface area contributed by atoms with Crippen molar-refractivity contribution in [3.05, 3.63) is 23.8 Å². The summed E-state index contributed by atoms with van der Waals surface area (Å²) >= 11 is 0. The molecule has 460 valence electrons. The maximum Gasteiger partial charge on any atom is 0.314 e. The molecule has 0 radical (unpaired) electrons. The summed E-state index contributed by atoms with van der Waals surface area (Å²) in [6, 6.07) is 0. The molecule has 9 aliphatic rings. The van der Waals surface area contributed by atoms with Crippen LogP contribution >= 0.6 is 0 Å². The number of rotatable bonds is 16. The van der Waals surface area contributed by atoms with E-state index in [0.29, 0.717) is 56.9 Å². The van der Waals surface area contributed by atoms with Crippen molar-refractivity contribution in [1.29, 1.82) is 0 Å². The first-order valence-corrected chi connectivity index (χ1v) is 28.7. The second-order valence-corrected chi connectivity index (χ2v) is 25.8. The minimum Gasteiger partial charge on any atom is -0.462 e. The largest absolute Gasteiger partial charge is 0.462 e. The molecule has 28 unspecified atom stereocenters. The zero-order valence-corrected chi connectivity index (χ0v) is 48.1. The fourth-order valence-electron chi connectivity index (χ4n) is 16.4. The molecule has 0 aromatic rings. The summed E-state index contributed by atoms with van der Waals surface area (Å²) in [5.41, 5.74) is -1.76. The smallest absolute Gasteiger partial charge is 0.314 e. The average molecular weight is 1160 g/mol.